The van der Waals surface area contributed by atoms with Crippen molar-refractivity contribution in [3.8, 4) is 0 Å². The summed E-state index contributed by atoms with van der Waals surface area (Å²) in [5, 5.41) is 6.88. The van der Waals surface area contributed by atoms with Crippen LogP contribution in [0.4, 0.5) is 0 Å². The van der Waals surface area contributed by atoms with Gasteiger partial charge in [-0.05, 0) is 63.0 Å². The normalized spacial score (nSPS) is 21.1. The predicted octanol–water partition coefficient (Wildman–Crippen LogP) is 4.40. The van der Waals surface area contributed by atoms with Crippen molar-refractivity contribution in [2.24, 2.45) is 0 Å². The van der Waals surface area contributed by atoms with Gasteiger partial charge in [0.2, 0.25) is 0 Å². The van der Waals surface area contributed by atoms with Gasteiger partial charge in [-0.1, -0.05) is 24.3 Å². The van der Waals surface area contributed by atoms with Gasteiger partial charge in [-0.2, -0.15) is 0 Å². The number of para-hydroxylation sites is 4. The number of nitrogens with zero attached hydrogens (tertiary/aromatic N) is 2. The van der Waals surface area contributed by atoms with E-state index in [1.807, 2.05) is 36.4 Å². The monoisotopic (exact) mass is 410 g/mol. The minimum Gasteiger partial charge on any atom is -0.341 e. The second-order valence-electron chi connectivity index (χ2n) is 7.58. The summed E-state index contributed by atoms with van der Waals surface area (Å²) in [7, 11) is 0. The smallest absolute Gasteiger partial charge is 0.124 e. The summed E-state index contributed by atoms with van der Waals surface area (Å²) in [4.78, 5) is 15.9. The third-order valence-electron chi connectivity index (χ3n) is 5.60. The number of imidazole rings is 2. The summed E-state index contributed by atoms with van der Waals surface area (Å²) >= 11 is 0. The molecule has 4 heterocycles. The highest BCUT2D eigenvalue weighted by Crippen LogP contribution is 2.23. The minimum atomic E-state index is 0. The van der Waals surface area contributed by atoms with E-state index in [0.717, 1.165) is 46.8 Å². The van der Waals surface area contributed by atoms with E-state index in [0.29, 0.717) is 12.1 Å². The zero-order valence-electron chi connectivity index (χ0n) is 16.3. The van der Waals surface area contributed by atoms with Crippen molar-refractivity contribution in [2.75, 3.05) is 13.1 Å². The van der Waals surface area contributed by atoms with Crippen LogP contribution >= 0.6 is 12.4 Å². The van der Waals surface area contributed by atoms with Gasteiger partial charge >= 0.3 is 0 Å². The molecule has 152 valence electrons. The Kier molecular flexibility index (Phi) is 6.13. The summed E-state index contributed by atoms with van der Waals surface area (Å²) in [5.41, 5.74) is 4.40. The summed E-state index contributed by atoms with van der Waals surface area (Å²) in [6.45, 7) is 2.23. The molecule has 2 aromatic heterocycles. The van der Waals surface area contributed by atoms with Gasteiger partial charge in [-0.15, -0.1) is 12.4 Å². The van der Waals surface area contributed by atoms with E-state index >= 15 is 0 Å². The number of fused-ring (bicyclic) bond motifs is 2. The summed E-state index contributed by atoms with van der Waals surface area (Å²) in [5.74, 6) is 2.17. The van der Waals surface area contributed by atoms with Crippen LogP contribution in [0.25, 0.3) is 22.1 Å². The summed E-state index contributed by atoms with van der Waals surface area (Å²) in [6, 6.07) is 17.2. The highest BCUT2D eigenvalue weighted by atomic mass is 35.5. The Balaban J connectivity index is 0.000000137. The SMILES string of the molecule is Cl.c1ccc2[nH]c([C@@H]3CCCN3)nc2c1.c1ccc2[nH]c([C@@H]3CCCN3)nc2c1. The second-order valence-corrected chi connectivity index (χ2v) is 7.58. The maximum atomic E-state index is 4.58. The number of H-pyrrole nitrogens is 2. The first-order chi connectivity index (χ1) is 13.9. The highest BCUT2D eigenvalue weighted by molar-refractivity contribution is 5.85. The Morgan fingerprint density at radius 3 is 1.48 bits per heavy atom. The first-order valence-corrected chi connectivity index (χ1v) is 10.2. The van der Waals surface area contributed by atoms with Gasteiger partial charge in [0, 0.05) is 0 Å². The van der Waals surface area contributed by atoms with Crippen molar-refractivity contribution in [3.05, 3.63) is 60.2 Å². The Hall–Kier alpha value is -2.41. The van der Waals surface area contributed by atoms with Crippen molar-refractivity contribution in [1.29, 1.82) is 0 Å². The molecule has 4 aromatic rings. The molecule has 0 saturated carbocycles. The van der Waals surface area contributed by atoms with Crippen LogP contribution in [0.15, 0.2) is 48.5 Å². The van der Waals surface area contributed by atoms with Gasteiger partial charge in [0.1, 0.15) is 11.6 Å². The minimum absolute atomic E-state index is 0. The number of halogens is 1. The van der Waals surface area contributed by atoms with E-state index in [1.165, 1.54) is 25.7 Å². The van der Waals surface area contributed by atoms with Crippen molar-refractivity contribution < 1.29 is 0 Å². The fourth-order valence-corrected chi connectivity index (χ4v) is 4.11. The quantitative estimate of drug-likeness (QED) is 0.395. The van der Waals surface area contributed by atoms with Gasteiger partial charge in [0.15, 0.2) is 0 Å². The van der Waals surface area contributed by atoms with Crippen LogP contribution in [0.5, 0.6) is 0 Å². The molecule has 0 spiro atoms. The van der Waals surface area contributed by atoms with E-state index in [4.69, 9.17) is 0 Å². The molecule has 7 heteroatoms. The molecule has 29 heavy (non-hydrogen) atoms. The number of aromatic amines is 2. The number of hydrogen-bond acceptors (Lipinski definition) is 4. The molecule has 0 aliphatic carbocycles. The van der Waals surface area contributed by atoms with Crippen LogP contribution in [0.1, 0.15) is 49.4 Å². The maximum Gasteiger partial charge on any atom is 0.124 e. The molecule has 0 radical (unpaired) electrons. The third-order valence-corrected chi connectivity index (χ3v) is 5.60. The molecule has 0 amide bonds. The molecular weight excluding hydrogens is 384 g/mol. The molecule has 2 aromatic carbocycles. The third kappa shape index (κ3) is 4.29. The largest absolute Gasteiger partial charge is 0.341 e. The van der Waals surface area contributed by atoms with Crippen molar-refractivity contribution in [1.82, 2.24) is 30.6 Å². The lowest BCUT2D eigenvalue weighted by molar-refractivity contribution is 0.614. The molecule has 2 fully saturated rings. The molecule has 2 aliphatic heterocycles. The Morgan fingerprint density at radius 1 is 0.655 bits per heavy atom. The number of benzene rings is 2. The van der Waals surface area contributed by atoms with Crippen molar-refractivity contribution in [3.63, 3.8) is 0 Å². The molecule has 0 bridgehead atoms. The highest BCUT2D eigenvalue weighted by Gasteiger charge is 2.20. The van der Waals surface area contributed by atoms with Crippen LogP contribution in [-0.2, 0) is 0 Å². The zero-order valence-corrected chi connectivity index (χ0v) is 17.1. The molecule has 2 saturated heterocycles. The van der Waals surface area contributed by atoms with Gasteiger partial charge < -0.3 is 20.6 Å². The summed E-state index contributed by atoms with van der Waals surface area (Å²) < 4.78 is 0. The van der Waals surface area contributed by atoms with Gasteiger partial charge in [-0.25, -0.2) is 9.97 Å². The lowest BCUT2D eigenvalue weighted by atomic mass is 10.2. The Morgan fingerprint density at radius 2 is 1.10 bits per heavy atom. The molecule has 0 unspecified atom stereocenters. The predicted molar refractivity (Wildman–Crippen MR) is 119 cm³/mol. The topological polar surface area (TPSA) is 81.4 Å². The molecule has 2 atom stereocenters. The van der Waals surface area contributed by atoms with Crippen molar-refractivity contribution >= 4 is 34.5 Å². The fourth-order valence-electron chi connectivity index (χ4n) is 4.11. The van der Waals surface area contributed by atoms with Gasteiger partial charge in [0.05, 0.1) is 34.2 Å². The van der Waals surface area contributed by atoms with Crippen molar-refractivity contribution in [2.45, 2.75) is 37.8 Å². The standard InChI is InChI=1S/2C11H13N3.ClH/c2*1-2-5-9-8(4-1)13-11(14-9)10-6-3-7-12-10;/h2*1-2,4-5,10,12H,3,6-7H2,(H,13,14);1H/t2*10-;/m00./s1. The number of aromatic nitrogens is 4. The van der Waals surface area contributed by atoms with E-state index in [2.05, 4.69) is 42.7 Å². The molecule has 6 nitrogen and oxygen atoms in total. The number of hydrogen-bond donors (Lipinski definition) is 4. The Bertz CT molecular complexity index is 907. The number of nitrogens with one attached hydrogen (secondary N) is 4. The fraction of sp³-hybridized carbons (Fsp3) is 0.364. The van der Waals surface area contributed by atoms with Gasteiger partial charge in [0.25, 0.3) is 0 Å². The lowest BCUT2D eigenvalue weighted by Crippen LogP contribution is -2.13. The van der Waals surface area contributed by atoms with Crippen LogP contribution in [0.2, 0.25) is 0 Å². The van der Waals surface area contributed by atoms with E-state index in [1.54, 1.807) is 0 Å². The van der Waals surface area contributed by atoms with E-state index < -0.39 is 0 Å². The van der Waals surface area contributed by atoms with E-state index in [9.17, 15) is 0 Å². The maximum absolute atomic E-state index is 4.58. The first kappa shape index (κ1) is 19.9. The zero-order chi connectivity index (χ0) is 18.8. The molecule has 4 N–H and O–H groups in total. The average Bonchev–Trinajstić information content (AvgIpc) is 3.54. The van der Waals surface area contributed by atoms with Gasteiger partial charge in [-0.3, -0.25) is 0 Å². The molecular formula is C22H27ClN6. The summed E-state index contributed by atoms with van der Waals surface area (Å²) in [6.07, 6.45) is 4.89. The van der Waals surface area contributed by atoms with E-state index in [-0.39, 0.29) is 12.4 Å². The first-order valence-electron chi connectivity index (χ1n) is 10.2. The second kappa shape index (κ2) is 8.95. The Labute approximate surface area is 176 Å². The number of rotatable bonds is 2. The molecule has 2 aliphatic rings. The van der Waals surface area contributed by atoms with Crippen LogP contribution in [-0.4, -0.2) is 33.0 Å². The average molecular weight is 411 g/mol. The van der Waals surface area contributed by atoms with Crippen LogP contribution < -0.4 is 10.6 Å². The molecule has 6 rings (SSSR count). The van der Waals surface area contributed by atoms with Crippen LogP contribution in [0, 0.1) is 0 Å². The lowest BCUT2D eigenvalue weighted by Gasteiger charge is -2.04. The van der Waals surface area contributed by atoms with Crippen LogP contribution in [0.3, 0.4) is 0 Å².